The number of thiazole rings is 1. The third-order valence-electron chi connectivity index (χ3n) is 5.52. The second-order valence-electron chi connectivity index (χ2n) is 8.10. The van der Waals surface area contributed by atoms with E-state index >= 15 is 0 Å². The molecule has 0 atom stereocenters. The van der Waals surface area contributed by atoms with Crippen LogP contribution in [0.2, 0.25) is 0 Å². The second-order valence-corrected chi connectivity index (χ2v) is 10.9. The van der Waals surface area contributed by atoms with Crippen LogP contribution in [-0.2, 0) is 14.8 Å². The van der Waals surface area contributed by atoms with Gasteiger partial charge in [-0.15, -0.1) is 11.3 Å². The van der Waals surface area contributed by atoms with Crippen molar-refractivity contribution in [2.24, 2.45) is 0 Å². The van der Waals surface area contributed by atoms with Gasteiger partial charge < -0.3 is 5.32 Å². The largest absolute Gasteiger partial charge is 0.326 e. The Hall–Kier alpha value is -3.08. The van der Waals surface area contributed by atoms with Crippen LogP contribution in [0.25, 0.3) is 11.3 Å². The van der Waals surface area contributed by atoms with Crippen molar-refractivity contribution >= 4 is 44.0 Å². The van der Waals surface area contributed by atoms with E-state index in [1.807, 2.05) is 17.5 Å². The highest BCUT2D eigenvalue weighted by molar-refractivity contribution is 7.89. The number of anilines is 2. The molecule has 0 aliphatic carbocycles. The molecule has 2 N–H and O–H groups in total. The Morgan fingerprint density at radius 3 is 2.35 bits per heavy atom. The monoisotopic (exact) mass is 498 g/mol. The molecule has 1 aromatic heterocycles. The van der Waals surface area contributed by atoms with Gasteiger partial charge in [0, 0.05) is 42.2 Å². The van der Waals surface area contributed by atoms with Gasteiger partial charge >= 0.3 is 0 Å². The summed E-state index contributed by atoms with van der Waals surface area (Å²) in [6.07, 6.45) is 3.76. The number of nitrogens with one attached hydrogen (secondary N) is 2. The first-order chi connectivity index (χ1) is 16.3. The average molecular weight is 499 g/mol. The Bertz CT molecular complexity index is 1280. The molecule has 1 fully saturated rings. The Labute approximate surface area is 203 Å². The summed E-state index contributed by atoms with van der Waals surface area (Å²) < 4.78 is 27.7. The molecule has 0 unspecified atom stereocenters. The van der Waals surface area contributed by atoms with Crippen LogP contribution in [0.1, 0.15) is 43.0 Å². The van der Waals surface area contributed by atoms with E-state index in [0.717, 1.165) is 31.2 Å². The standard InChI is InChI=1S/C24H26N4O4S2/c1-17(29)25-20-11-9-18(10-12-20)22-16-33-24(26-22)27-23(30)19-7-6-8-21(15-19)34(31,32)28-13-4-2-3-5-14-28/h6-12,15-16H,2-5,13-14H2,1H3,(H,25,29)(H,26,27,30). The predicted octanol–water partition coefficient (Wildman–Crippen LogP) is 4.59. The maximum absolute atomic E-state index is 13.1. The van der Waals surface area contributed by atoms with E-state index in [9.17, 15) is 18.0 Å². The molecule has 178 valence electrons. The highest BCUT2D eigenvalue weighted by Gasteiger charge is 2.26. The second kappa shape index (κ2) is 10.5. The summed E-state index contributed by atoms with van der Waals surface area (Å²) in [6, 6.07) is 13.4. The van der Waals surface area contributed by atoms with Crippen molar-refractivity contribution in [3.63, 3.8) is 0 Å². The van der Waals surface area contributed by atoms with Crippen molar-refractivity contribution < 1.29 is 18.0 Å². The van der Waals surface area contributed by atoms with Crippen molar-refractivity contribution in [2.45, 2.75) is 37.5 Å². The van der Waals surface area contributed by atoms with E-state index in [1.165, 1.54) is 34.7 Å². The molecule has 2 amide bonds. The van der Waals surface area contributed by atoms with Gasteiger partial charge in [-0.2, -0.15) is 4.31 Å². The van der Waals surface area contributed by atoms with Crippen LogP contribution in [0, 0.1) is 0 Å². The summed E-state index contributed by atoms with van der Waals surface area (Å²) in [6.45, 7) is 2.46. The van der Waals surface area contributed by atoms with Gasteiger partial charge in [0.05, 0.1) is 10.6 Å². The fourth-order valence-electron chi connectivity index (χ4n) is 3.79. The van der Waals surface area contributed by atoms with Crippen molar-refractivity contribution in [3.8, 4) is 11.3 Å². The van der Waals surface area contributed by atoms with Gasteiger partial charge in [-0.1, -0.05) is 31.0 Å². The maximum atomic E-state index is 13.1. The van der Waals surface area contributed by atoms with Crippen LogP contribution >= 0.6 is 11.3 Å². The molecule has 1 aliphatic rings. The molecule has 0 bridgehead atoms. The third-order valence-corrected chi connectivity index (χ3v) is 8.18. The van der Waals surface area contributed by atoms with Crippen LogP contribution < -0.4 is 10.6 Å². The van der Waals surface area contributed by atoms with E-state index in [1.54, 1.807) is 24.3 Å². The first kappa shape index (κ1) is 24.1. The van der Waals surface area contributed by atoms with Gasteiger partial charge in [-0.25, -0.2) is 13.4 Å². The number of nitrogens with zero attached hydrogens (tertiary/aromatic N) is 2. The minimum absolute atomic E-state index is 0.126. The van der Waals surface area contributed by atoms with E-state index in [0.29, 0.717) is 29.6 Å². The first-order valence-corrected chi connectivity index (χ1v) is 13.4. The normalized spacial score (nSPS) is 14.9. The van der Waals surface area contributed by atoms with Crippen LogP contribution in [0.5, 0.6) is 0 Å². The van der Waals surface area contributed by atoms with Crippen LogP contribution in [0.3, 0.4) is 0 Å². The summed E-state index contributed by atoms with van der Waals surface area (Å²) in [7, 11) is -3.64. The Morgan fingerprint density at radius 1 is 0.971 bits per heavy atom. The zero-order valence-corrected chi connectivity index (χ0v) is 20.4. The lowest BCUT2D eigenvalue weighted by molar-refractivity contribution is -0.114. The third kappa shape index (κ3) is 5.69. The van der Waals surface area contributed by atoms with E-state index in [-0.39, 0.29) is 16.4 Å². The molecule has 0 saturated carbocycles. The minimum atomic E-state index is -3.64. The molecule has 10 heteroatoms. The topological polar surface area (TPSA) is 108 Å². The van der Waals surface area contributed by atoms with Crippen molar-refractivity contribution in [1.29, 1.82) is 0 Å². The zero-order valence-electron chi connectivity index (χ0n) is 18.8. The molecule has 2 aromatic carbocycles. The molecule has 34 heavy (non-hydrogen) atoms. The zero-order chi connectivity index (χ0) is 24.1. The Balaban J connectivity index is 1.46. The minimum Gasteiger partial charge on any atom is -0.326 e. The Kier molecular flexibility index (Phi) is 7.40. The molecule has 1 saturated heterocycles. The van der Waals surface area contributed by atoms with E-state index in [4.69, 9.17) is 0 Å². The summed E-state index contributed by atoms with van der Waals surface area (Å²) >= 11 is 1.28. The molecular weight excluding hydrogens is 472 g/mol. The number of amides is 2. The molecule has 3 aromatic rings. The van der Waals surface area contributed by atoms with Crippen LogP contribution in [0.4, 0.5) is 10.8 Å². The number of carbonyl (C=O) groups is 2. The van der Waals surface area contributed by atoms with Gasteiger partial charge in [0.1, 0.15) is 0 Å². The summed E-state index contributed by atoms with van der Waals surface area (Å²) in [5.41, 5.74) is 2.48. The van der Waals surface area contributed by atoms with Crippen molar-refractivity contribution in [3.05, 3.63) is 59.5 Å². The quantitative estimate of drug-likeness (QED) is 0.517. The summed E-state index contributed by atoms with van der Waals surface area (Å²) in [5, 5.41) is 7.70. The van der Waals surface area contributed by atoms with Crippen molar-refractivity contribution in [2.75, 3.05) is 23.7 Å². The fraction of sp³-hybridized carbons (Fsp3) is 0.292. The number of sulfonamides is 1. The van der Waals surface area contributed by atoms with Crippen LogP contribution in [-0.4, -0.2) is 42.6 Å². The lowest BCUT2D eigenvalue weighted by atomic mass is 10.1. The molecular formula is C24H26N4O4S2. The van der Waals surface area contributed by atoms with Crippen LogP contribution in [0.15, 0.2) is 58.8 Å². The average Bonchev–Trinajstić information content (AvgIpc) is 3.10. The van der Waals surface area contributed by atoms with Gasteiger partial charge in [-0.05, 0) is 43.2 Å². The Morgan fingerprint density at radius 2 is 1.68 bits per heavy atom. The molecule has 8 nitrogen and oxygen atoms in total. The summed E-state index contributed by atoms with van der Waals surface area (Å²) in [4.78, 5) is 28.6. The maximum Gasteiger partial charge on any atom is 0.257 e. The van der Waals surface area contributed by atoms with E-state index < -0.39 is 15.9 Å². The molecule has 0 spiro atoms. The highest BCUT2D eigenvalue weighted by Crippen LogP contribution is 2.27. The molecule has 2 heterocycles. The summed E-state index contributed by atoms with van der Waals surface area (Å²) in [5.74, 6) is -0.565. The van der Waals surface area contributed by atoms with Gasteiger partial charge in [-0.3, -0.25) is 14.9 Å². The smallest absolute Gasteiger partial charge is 0.257 e. The number of carbonyl (C=O) groups excluding carboxylic acids is 2. The molecule has 4 rings (SSSR count). The molecule has 0 radical (unpaired) electrons. The highest BCUT2D eigenvalue weighted by atomic mass is 32.2. The number of rotatable bonds is 6. The fourth-order valence-corrected chi connectivity index (χ4v) is 6.07. The predicted molar refractivity (Wildman–Crippen MR) is 133 cm³/mol. The number of hydrogen-bond acceptors (Lipinski definition) is 6. The number of hydrogen-bond donors (Lipinski definition) is 2. The lowest BCUT2D eigenvalue weighted by Gasteiger charge is -2.20. The van der Waals surface area contributed by atoms with Gasteiger partial charge in [0.15, 0.2) is 5.13 Å². The van der Waals surface area contributed by atoms with Gasteiger partial charge in [0.2, 0.25) is 15.9 Å². The van der Waals surface area contributed by atoms with Gasteiger partial charge in [0.25, 0.3) is 5.91 Å². The van der Waals surface area contributed by atoms with E-state index in [2.05, 4.69) is 15.6 Å². The lowest BCUT2D eigenvalue weighted by Crippen LogP contribution is -2.32. The number of benzene rings is 2. The first-order valence-electron chi connectivity index (χ1n) is 11.1. The SMILES string of the molecule is CC(=O)Nc1ccc(-c2csc(NC(=O)c3cccc(S(=O)(=O)N4CCCCCC4)c3)n2)cc1. The molecule has 1 aliphatic heterocycles. The number of aromatic nitrogens is 1. The van der Waals surface area contributed by atoms with Crippen molar-refractivity contribution in [1.82, 2.24) is 9.29 Å².